The number of rotatable bonds is 4. The first kappa shape index (κ1) is 24.6. The van der Waals surface area contributed by atoms with Crippen LogP contribution in [0, 0.1) is 6.92 Å². The zero-order valence-electron chi connectivity index (χ0n) is 22.6. The predicted octanol–water partition coefficient (Wildman–Crippen LogP) is 9.71. The van der Waals surface area contributed by atoms with Crippen molar-refractivity contribution in [3.63, 3.8) is 0 Å². The van der Waals surface area contributed by atoms with Crippen molar-refractivity contribution >= 4 is 38.4 Å². The van der Waals surface area contributed by atoms with Gasteiger partial charge in [0.05, 0.1) is 17.1 Å². The Morgan fingerprint density at radius 1 is 0.795 bits per heavy atom. The van der Waals surface area contributed by atoms with E-state index in [1.807, 2.05) is 12.2 Å². The van der Waals surface area contributed by atoms with Gasteiger partial charge in [0.25, 0.3) is 0 Å². The summed E-state index contributed by atoms with van der Waals surface area (Å²) in [6.07, 6.45) is 8.95. The number of benzene rings is 3. The molecule has 1 aliphatic heterocycles. The normalized spacial score (nSPS) is 15.6. The molecule has 4 bridgehead atoms. The molecule has 3 heterocycles. The van der Waals surface area contributed by atoms with E-state index in [-0.39, 0.29) is 6.04 Å². The lowest BCUT2D eigenvalue weighted by atomic mass is 10.1. The highest BCUT2D eigenvalue weighted by Crippen LogP contribution is 2.40. The van der Waals surface area contributed by atoms with Crippen LogP contribution in [-0.4, -0.2) is 9.13 Å². The van der Waals surface area contributed by atoms with E-state index in [2.05, 4.69) is 145 Å². The van der Waals surface area contributed by atoms with Crippen LogP contribution in [0.15, 0.2) is 140 Å². The standard InChI is InChI=1S/C36H33N3/c1-6-8-16-33-27(5)39-34-17-12-11-15-31(34)32-21-18-28(23-36(32)39)37-22-13-9-10-14-25(3)30-20-19-29(24-35(30)37)38(33)26(4)7-2/h6-7,9-24,27H,1-2,4,8H2,3,5H3/b10-9?,22-13?,25-14?,33-16-. The Morgan fingerprint density at radius 2 is 1.51 bits per heavy atom. The predicted molar refractivity (Wildman–Crippen MR) is 168 cm³/mol. The number of hydrogen-bond acceptors (Lipinski definition) is 1. The largest absolute Gasteiger partial charge is 0.332 e. The summed E-state index contributed by atoms with van der Waals surface area (Å²) in [5, 5.41) is 3.68. The second-order valence-electron chi connectivity index (χ2n) is 10.1. The molecule has 5 aromatic rings. The van der Waals surface area contributed by atoms with Gasteiger partial charge < -0.3 is 14.0 Å². The number of fused-ring (bicyclic) bond motifs is 6. The molecule has 1 unspecified atom stereocenters. The van der Waals surface area contributed by atoms with Crippen molar-refractivity contribution in [3.05, 3.63) is 146 Å². The van der Waals surface area contributed by atoms with Crippen LogP contribution >= 0.6 is 0 Å². The van der Waals surface area contributed by atoms with Gasteiger partial charge in [0.2, 0.25) is 0 Å². The minimum Gasteiger partial charge on any atom is -0.332 e. The van der Waals surface area contributed by atoms with Gasteiger partial charge in [-0.25, -0.2) is 0 Å². The molecule has 0 saturated carbocycles. The molecule has 0 radical (unpaired) electrons. The third-order valence-corrected chi connectivity index (χ3v) is 7.79. The molecule has 6 rings (SSSR count). The number of hydrogen-bond donors (Lipinski definition) is 0. The molecular formula is C36H33N3. The highest BCUT2D eigenvalue weighted by Gasteiger charge is 2.25. The molecule has 0 aliphatic carbocycles. The van der Waals surface area contributed by atoms with Crippen molar-refractivity contribution in [1.82, 2.24) is 9.13 Å². The van der Waals surface area contributed by atoms with Crippen LogP contribution in [0.2, 0.25) is 0 Å². The summed E-state index contributed by atoms with van der Waals surface area (Å²) in [4.78, 5) is 2.25. The summed E-state index contributed by atoms with van der Waals surface area (Å²) in [7, 11) is 0. The summed E-state index contributed by atoms with van der Waals surface area (Å²) in [6.45, 7) is 17.0. The fourth-order valence-corrected chi connectivity index (χ4v) is 5.90. The van der Waals surface area contributed by atoms with E-state index in [1.165, 1.54) is 32.8 Å². The van der Waals surface area contributed by atoms with E-state index in [4.69, 9.17) is 0 Å². The Hall–Kier alpha value is -4.76. The Morgan fingerprint density at radius 3 is 2.33 bits per heavy atom. The lowest BCUT2D eigenvalue weighted by Gasteiger charge is -2.33. The smallest absolute Gasteiger partial charge is 0.0715 e. The number of nitrogens with zero attached hydrogens (tertiary/aromatic N) is 3. The first-order valence-electron chi connectivity index (χ1n) is 13.4. The highest BCUT2D eigenvalue weighted by molar-refractivity contribution is 6.09. The molecule has 0 spiro atoms. The molecule has 3 aromatic carbocycles. The van der Waals surface area contributed by atoms with E-state index in [0.717, 1.165) is 34.7 Å². The second kappa shape index (κ2) is 9.85. The molecule has 3 nitrogen and oxygen atoms in total. The average Bonchev–Trinajstić information content (AvgIpc) is 3.31. The Balaban J connectivity index is 1.86. The second-order valence-corrected chi connectivity index (χ2v) is 10.1. The first-order valence-corrected chi connectivity index (χ1v) is 13.4. The fraction of sp³-hybridized carbons (Fsp3) is 0.111. The lowest BCUT2D eigenvalue weighted by Crippen LogP contribution is -2.26. The number of anilines is 1. The van der Waals surface area contributed by atoms with E-state index >= 15 is 0 Å². The summed E-state index contributed by atoms with van der Waals surface area (Å²) < 4.78 is 4.76. The van der Waals surface area contributed by atoms with Crippen LogP contribution < -0.4 is 4.90 Å². The van der Waals surface area contributed by atoms with E-state index in [9.17, 15) is 0 Å². The molecule has 1 aliphatic rings. The Labute approximate surface area is 230 Å². The fourth-order valence-electron chi connectivity index (χ4n) is 5.90. The van der Waals surface area contributed by atoms with Crippen LogP contribution in [-0.2, 0) is 0 Å². The van der Waals surface area contributed by atoms with Crippen LogP contribution in [0.3, 0.4) is 0 Å². The average molecular weight is 508 g/mol. The van der Waals surface area contributed by atoms with Crippen molar-refractivity contribution in [2.45, 2.75) is 26.3 Å². The molecule has 1 atom stereocenters. The number of aromatic nitrogens is 2. The highest BCUT2D eigenvalue weighted by atomic mass is 15.2. The lowest BCUT2D eigenvalue weighted by molar-refractivity contribution is 0.649. The van der Waals surface area contributed by atoms with E-state index in [1.54, 1.807) is 0 Å². The van der Waals surface area contributed by atoms with Crippen LogP contribution in [0.25, 0.3) is 38.4 Å². The maximum Gasteiger partial charge on any atom is 0.0715 e. The maximum absolute atomic E-state index is 4.44. The van der Waals surface area contributed by atoms with Gasteiger partial charge in [-0.1, -0.05) is 73.8 Å². The van der Waals surface area contributed by atoms with Gasteiger partial charge in [0.1, 0.15) is 0 Å². The van der Waals surface area contributed by atoms with Gasteiger partial charge in [-0.05, 0) is 68.3 Å². The van der Waals surface area contributed by atoms with Gasteiger partial charge in [0, 0.05) is 50.6 Å². The molecule has 39 heavy (non-hydrogen) atoms. The number of aryl methyl sites for hydroxylation is 1. The zero-order valence-corrected chi connectivity index (χ0v) is 22.6. The molecule has 3 heteroatoms. The third kappa shape index (κ3) is 3.98. The quantitative estimate of drug-likeness (QED) is 0.174. The molecule has 0 N–H and O–H groups in total. The minimum absolute atomic E-state index is 0.00738. The Kier molecular flexibility index (Phi) is 6.20. The van der Waals surface area contributed by atoms with Crippen LogP contribution in [0.1, 0.15) is 24.9 Å². The van der Waals surface area contributed by atoms with Gasteiger partial charge >= 0.3 is 0 Å². The van der Waals surface area contributed by atoms with Crippen LogP contribution in [0.4, 0.5) is 5.69 Å². The topological polar surface area (TPSA) is 13.1 Å². The van der Waals surface area contributed by atoms with Crippen molar-refractivity contribution < 1.29 is 0 Å². The molecular weight excluding hydrogens is 474 g/mol. The van der Waals surface area contributed by atoms with E-state index in [0.29, 0.717) is 0 Å². The van der Waals surface area contributed by atoms with Gasteiger partial charge in [0.15, 0.2) is 0 Å². The SMILES string of the molecule is C=CC/C=C1/C(C)n2c3ccccc3c3ccc(cc32)-n2cccccc(C)c3ccc(cc32)N1C(=C)C=C. The third-order valence-electron chi connectivity index (χ3n) is 7.79. The number of para-hydroxylation sites is 1. The Bertz CT molecular complexity index is 1880. The van der Waals surface area contributed by atoms with Crippen molar-refractivity contribution in [1.29, 1.82) is 0 Å². The number of allylic oxidation sites excluding steroid dienone is 4. The summed E-state index contributed by atoms with van der Waals surface area (Å²) in [5.74, 6) is 0. The monoisotopic (exact) mass is 507 g/mol. The van der Waals surface area contributed by atoms with Gasteiger partial charge in [-0.2, -0.15) is 0 Å². The van der Waals surface area contributed by atoms with Crippen LogP contribution in [0.5, 0.6) is 0 Å². The first-order chi connectivity index (χ1) is 19.0. The van der Waals surface area contributed by atoms with Gasteiger partial charge in [-0.15, -0.1) is 6.58 Å². The van der Waals surface area contributed by atoms with Crippen molar-refractivity contribution in [3.8, 4) is 5.69 Å². The summed E-state index contributed by atoms with van der Waals surface area (Å²) >= 11 is 0. The maximum atomic E-state index is 4.44. The molecule has 0 fully saturated rings. The molecule has 2 aromatic heterocycles. The minimum atomic E-state index is 0.00738. The van der Waals surface area contributed by atoms with Gasteiger partial charge in [-0.3, -0.25) is 0 Å². The summed E-state index contributed by atoms with van der Waals surface area (Å²) in [6, 6.07) is 30.7. The van der Waals surface area contributed by atoms with E-state index < -0.39 is 0 Å². The van der Waals surface area contributed by atoms with Crippen molar-refractivity contribution in [2.24, 2.45) is 0 Å². The summed E-state index contributed by atoms with van der Waals surface area (Å²) in [5.41, 5.74) is 8.84. The molecule has 192 valence electrons. The molecule has 0 saturated heterocycles. The zero-order chi connectivity index (χ0) is 27.1. The van der Waals surface area contributed by atoms with Crippen molar-refractivity contribution in [2.75, 3.05) is 4.90 Å². The molecule has 0 amide bonds.